The molecule has 3 fully saturated rings. The number of sulfone groups is 1. The van der Waals surface area contributed by atoms with E-state index in [1.165, 1.54) is 12.8 Å². The minimum absolute atomic E-state index is 0.0571. The van der Waals surface area contributed by atoms with Gasteiger partial charge in [-0.15, -0.1) is 0 Å². The van der Waals surface area contributed by atoms with Crippen molar-refractivity contribution in [2.24, 2.45) is 11.3 Å². The molecule has 1 aromatic heterocycles. The third-order valence-corrected chi connectivity index (χ3v) is 9.55. The minimum Gasteiger partial charge on any atom is -0.394 e. The fourth-order valence-electron chi connectivity index (χ4n) is 4.85. The van der Waals surface area contributed by atoms with Gasteiger partial charge in [0.05, 0.1) is 28.4 Å². The Morgan fingerprint density at radius 2 is 1.86 bits per heavy atom. The number of carbonyl (C=O) groups is 1. The van der Waals surface area contributed by atoms with Crippen LogP contribution in [0, 0.1) is 11.3 Å². The Balaban J connectivity index is 1.39. The molecule has 5 rings (SSSR count). The third kappa shape index (κ3) is 5.67. The van der Waals surface area contributed by atoms with Gasteiger partial charge in [-0.3, -0.25) is 4.79 Å². The summed E-state index contributed by atoms with van der Waals surface area (Å²) < 4.78 is 25.5. The van der Waals surface area contributed by atoms with Crippen LogP contribution in [0.15, 0.2) is 41.3 Å². The standard InChI is InChI=1S/C27H36N4O4S/c1-26(2,18-32)30-23-9-8-22(24(29-23)31-14-12-27(10-11-27)13-15-31)25(33)28-20-4-3-5-21(16-20)36(34,35)17-19-6-7-19/h3-5,8-9,16,19,32H,6-7,10-15,17-18H2,1-2H3,(H,28,33)(H,29,30). The fraction of sp³-hybridized carbons (Fsp3) is 0.556. The van der Waals surface area contributed by atoms with Crippen LogP contribution in [-0.2, 0) is 9.84 Å². The zero-order chi connectivity index (χ0) is 25.6. The molecule has 9 heteroatoms. The van der Waals surface area contributed by atoms with Gasteiger partial charge in [0.1, 0.15) is 11.6 Å². The summed E-state index contributed by atoms with van der Waals surface area (Å²) in [6.45, 7) is 5.40. The summed E-state index contributed by atoms with van der Waals surface area (Å²) in [4.78, 5) is 20.6. The van der Waals surface area contributed by atoms with Gasteiger partial charge in [0.15, 0.2) is 9.84 Å². The van der Waals surface area contributed by atoms with Crippen LogP contribution in [0.25, 0.3) is 0 Å². The van der Waals surface area contributed by atoms with E-state index < -0.39 is 15.4 Å². The summed E-state index contributed by atoms with van der Waals surface area (Å²) >= 11 is 0. The Bertz CT molecular complexity index is 1240. The fourth-order valence-corrected chi connectivity index (χ4v) is 6.59. The van der Waals surface area contributed by atoms with Gasteiger partial charge in [0.2, 0.25) is 0 Å². The number of rotatable bonds is 9. The Morgan fingerprint density at radius 1 is 1.14 bits per heavy atom. The smallest absolute Gasteiger partial charge is 0.259 e. The lowest BCUT2D eigenvalue weighted by Crippen LogP contribution is -2.38. The van der Waals surface area contributed by atoms with E-state index in [0.717, 1.165) is 38.8 Å². The molecule has 3 aliphatic rings. The van der Waals surface area contributed by atoms with Crippen molar-refractivity contribution in [1.29, 1.82) is 0 Å². The van der Waals surface area contributed by atoms with Crippen LogP contribution in [0.4, 0.5) is 17.3 Å². The van der Waals surface area contributed by atoms with Crippen LogP contribution in [0.2, 0.25) is 0 Å². The normalized spacial score (nSPS) is 19.2. The number of amides is 1. The molecule has 2 saturated carbocycles. The minimum atomic E-state index is -3.38. The number of aliphatic hydroxyl groups excluding tert-OH is 1. The van der Waals surface area contributed by atoms with E-state index in [1.54, 1.807) is 36.4 Å². The first-order chi connectivity index (χ1) is 17.1. The lowest BCUT2D eigenvalue weighted by Gasteiger charge is -2.34. The number of anilines is 3. The molecular weight excluding hydrogens is 476 g/mol. The van der Waals surface area contributed by atoms with Crippen molar-refractivity contribution in [2.75, 3.05) is 41.0 Å². The number of hydrogen-bond acceptors (Lipinski definition) is 7. The highest BCUT2D eigenvalue weighted by Gasteiger charge is 2.45. The molecule has 36 heavy (non-hydrogen) atoms. The highest BCUT2D eigenvalue weighted by atomic mass is 32.2. The Kier molecular flexibility index (Phi) is 6.49. The van der Waals surface area contributed by atoms with E-state index in [-0.39, 0.29) is 29.1 Å². The monoisotopic (exact) mass is 512 g/mol. The topological polar surface area (TPSA) is 112 Å². The SMILES string of the molecule is CC(C)(CO)Nc1ccc(C(=O)Nc2cccc(S(=O)(=O)CC3CC3)c2)c(N2CCC3(CC2)CC3)n1. The van der Waals surface area contributed by atoms with Gasteiger partial charge in [0.25, 0.3) is 5.91 Å². The summed E-state index contributed by atoms with van der Waals surface area (Å²) in [6.07, 6.45) is 6.68. The number of pyridine rings is 1. The number of aromatic nitrogens is 1. The first kappa shape index (κ1) is 25.0. The van der Waals surface area contributed by atoms with E-state index in [4.69, 9.17) is 4.98 Å². The van der Waals surface area contributed by atoms with Crippen molar-refractivity contribution < 1.29 is 18.3 Å². The number of carbonyl (C=O) groups excluding carboxylic acids is 1. The molecule has 2 aromatic rings. The molecule has 3 N–H and O–H groups in total. The maximum atomic E-state index is 13.4. The van der Waals surface area contributed by atoms with E-state index in [1.807, 2.05) is 13.8 Å². The van der Waals surface area contributed by atoms with E-state index in [0.29, 0.717) is 28.3 Å². The van der Waals surface area contributed by atoms with Gasteiger partial charge in [0, 0.05) is 18.8 Å². The highest BCUT2D eigenvalue weighted by molar-refractivity contribution is 7.91. The van der Waals surface area contributed by atoms with Crippen LogP contribution < -0.4 is 15.5 Å². The Labute approximate surface area is 213 Å². The largest absolute Gasteiger partial charge is 0.394 e. The van der Waals surface area contributed by atoms with Gasteiger partial charge in [-0.25, -0.2) is 13.4 Å². The molecule has 0 unspecified atom stereocenters. The van der Waals surface area contributed by atoms with Crippen molar-refractivity contribution >= 4 is 33.1 Å². The Morgan fingerprint density at radius 3 is 2.50 bits per heavy atom. The maximum Gasteiger partial charge on any atom is 0.259 e. The quantitative estimate of drug-likeness (QED) is 0.464. The molecule has 1 spiro atoms. The zero-order valence-electron chi connectivity index (χ0n) is 21.1. The lowest BCUT2D eigenvalue weighted by atomic mass is 9.93. The van der Waals surface area contributed by atoms with Crippen molar-refractivity contribution in [3.8, 4) is 0 Å². The summed E-state index contributed by atoms with van der Waals surface area (Å²) in [6, 6.07) is 10.0. The van der Waals surface area contributed by atoms with E-state index in [9.17, 15) is 18.3 Å². The molecule has 8 nitrogen and oxygen atoms in total. The van der Waals surface area contributed by atoms with Gasteiger partial charge < -0.3 is 20.6 Å². The van der Waals surface area contributed by atoms with Crippen molar-refractivity contribution in [3.05, 3.63) is 42.0 Å². The van der Waals surface area contributed by atoms with Crippen LogP contribution in [0.1, 0.15) is 62.7 Å². The number of nitrogens with one attached hydrogen (secondary N) is 2. The summed E-state index contributed by atoms with van der Waals surface area (Å²) in [7, 11) is -3.38. The lowest BCUT2D eigenvalue weighted by molar-refractivity contribution is 0.102. The first-order valence-corrected chi connectivity index (χ1v) is 14.5. The molecule has 1 saturated heterocycles. The third-order valence-electron chi connectivity index (χ3n) is 7.67. The van der Waals surface area contributed by atoms with Crippen LogP contribution in [0.3, 0.4) is 0 Å². The summed E-state index contributed by atoms with van der Waals surface area (Å²) in [5.41, 5.74) is 0.822. The second kappa shape index (κ2) is 9.34. The average molecular weight is 513 g/mol. The van der Waals surface area contributed by atoms with E-state index in [2.05, 4.69) is 15.5 Å². The maximum absolute atomic E-state index is 13.4. The number of piperidine rings is 1. The average Bonchev–Trinajstić information content (AvgIpc) is 3.78. The number of benzene rings is 1. The van der Waals surface area contributed by atoms with Gasteiger partial charge in [-0.1, -0.05) is 6.07 Å². The Hall–Kier alpha value is -2.65. The molecule has 0 atom stereocenters. The molecule has 2 heterocycles. The summed E-state index contributed by atoms with van der Waals surface area (Å²) in [5.74, 6) is 1.30. The second-order valence-corrected chi connectivity index (χ2v) is 13.5. The highest BCUT2D eigenvalue weighted by Crippen LogP contribution is 2.54. The van der Waals surface area contributed by atoms with Crippen molar-refractivity contribution in [1.82, 2.24) is 4.98 Å². The first-order valence-electron chi connectivity index (χ1n) is 12.9. The van der Waals surface area contributed by atoms with Crippen molar-refractivity contribution in [2.45, 2.75) is 62.8 Å². The van der Waals surface area contributed by atoms with Gasteiger partial charge in [-0.05, 0) is 94.0 Å². The molecule has 1 aliphatic heterocycles. The molecule has 0 bridgehead atoms. The van der Waals surface area contributed by atoms with Crippen LogP contribution in [-0.4, -0.2) is 55.4 Å². The van der Waals surface area contributed by atoms with E-state index >= 15 is 0 Å². The molecule has 2 aliphatic carbocycles. The number of nitrogens with zero attached hydrogens (tertiary/aromatic N) is 2. The second-order valence-electron chi connectivity index (χ2n) is 11.4. The molecule has 1 amide bonds. The number of hydrogen-bond donors (Lipinski definition) is 3. The zero-order valence-corrected chi connectivity index (χ0v) is 21.9. The van der Waals surface area contributed by atoms with Crippen LogP contribution in [0.5, 0.6) is 0 Å². The molecular formula is C27H36N4O4S. The predicted octanol–water partition coefficient (Wildman–Crippen LogP) is 4.08. The molecule has 1 aromatic carbocycles. The van der Waals surface area contributed by atoms with Crippen LogP contribution >= 0.6 is 0 Å². The predicted molar refractivity (Wildman–Crippen MR) is 141 cm³/mol. The summed E-state index contributed by atoms with van der Waals surface area (Å²) in [5, 5.41) is 15.8. The molecule has 0 radical (unpaired) electrons. The van der Waals surface area contributed by atoms with Crippen molar-refractivity contribution in [3.63, 3.8) is 0 Å². The van der Waals surface area contributed by atoms with Gasteiger partial charge >= 0.3 is 0 Å². The number of aliphatic hydroxyl groups is 1. The molecule has 194 valence electrons. The van der Waals surface area contributed by atoms with Gasteiger partial charge in [-0.2, -0.15) is 0 Å².